The van der Waals surface area contributed by atoms with Crippen LogP contribution in [0.5, 0.6) is 5.75 Å². The van der Waals surface area contributed by atoms with Crippen molar-refractivity contribution in [2.75, 3.05) is 13.2 Å². The first-order valence-corrected chi connectivity index (χ1v) is 6.82. The van der Waals surface area contributed by atoms with E-state index in [0.29, 0.717) is 12.1 Å². The van der Waals surface area contributed by atoms with Crippen LogP contribution in [-0.4, -0.2) is 28.9 Å². The molecule has 0 saturated heterocycles. The van der Waals surface area contributed by atoms with E-state index in [1.54, 1.807) is 25.7 Å². The molecule has 0 aromatic carbocycles. The molecule has 2 rings (SSSR count). The van der Waals surface area contributed by atoms with Crippen LogP contribution in [0, 0.1) is 28.5 Å². The number of hydrogen-bond donors (Lipinski definition) is 0. The number of nitrogens with zero attached hydrogens (tertiary/aromatic N) is 3. The standard InChI is InChI=1S/C15H18FN3O2/c1-10(6-17)15(2,3)14(20)19-4-5-21-13-11(9-19)7-18-8-12(13)16/h7-8,10H,4-5,9H2,1-3H3. The second-order valence-electron chi connectivity index (χ2n) is 5.76. The molecule has 5 nitrogen and oxygen atoms in total. The number of aromatic nitrogens is 1. The molecule has 0 saturated carbocycles. The van der Waals surface area contributed by atoms with Crippen molar-refractivity contribution in [3.05, 3.63) is 23.8 Å². The molecular weight excluding hydrogens is 273 g/mol. The van der Waals surface area contributed by atoms with Gasteiger partial charge < -0.3 is 9.64 Å². The Kier molecular flexibility index (Phi) is 4.12. The third-order valence-corrected chi connectivity index (χ3v) is 4.01. The fourth-order valence-corrected chi connectivity index (χ4v) is 2.21. The van der Waals surface area contributed by atoms with Gasteiger partial charge in [0.25, 0.3) is 0 Å². The Balaban J connectivity index is 2.27. The van der Waals surface area contributed by atoms with Gasteiger partial charge in [-0.25, -0.2) is 4.39 Å². The topological polar surface area (TPSA) is 66.2 Å². The molecule has 1 aromatic heterocycles. The summed E-state index contributed by atoms with van der Waals surface area (Å²) in [6.07, 6.45) is 2.60. The Hall–Kier alpha value is -2.16. The number of carbonyl (C=O) groups excluding carboxylic acids is 1. The van der Waals surface area contributed by atoms with E-state index in [4.69, 9.17) is 10.00 Å². The van der Waals surface area contributed by atoms with E-state index in [-0.39, 0.29) is 24.8 Å². The summed E-state index contributed by atoms with van der Waals surface area (Å²) >= 11 is 0. The van der Waals surface area contributed by atoms with Crippen molar-refractivity contribution >= 4 is 5.91 Å². The van der Waals surface area contributed by atoms with Crippen LogP contribution in [0.4, 0.5) is 4.39 Å². The number of carbonyl (C=O) groups is 1. The molecule has 0 aliphatic carbocycles. The van der Waals surface area contributed by atoms with E-state index >= 15 is 0 Å². The average molecular weight is 291 g/mol. The summed E-state index contributed by atoms with van der Waals surface area (Å²) in [6.45, 7) is 6.03. The minimum absolute atomic E-state index is 0.141. The number of rotatable bonds is 2. The smallest absolute Gasteiger partial charge is 0.229 e. The molecule has 112 valence electrons. The zero-order valence-electron chi connectivity index (χ0n) is 12.4. The minimum Gasteiger partial charge on any atom is -0.488 e. The summed E-state index contributed by atoms with van der Waals surface area (Å²) in [4.78, 5) is 18.1. The van der Waals surface area contributed by atoms with Gasteiger partial charge in [0, 0.05) is 11.8 Å². The van der Waals surface area contributed by atoms with Crippen LogP contribution in [0.1, 0.15) is 26.3 Å². The molecule has 1 unspecified atom stereocenters. The maximum absolute atomic E-state index is 13.7. The normalized spacial score (nSPS) is 16.2. The lowest BCUT2D eigenvalue weighted by Crippen LogP contribution is -2.44. The minimum atomic E-state index is -0.806. The lowest BCUT2D eigenvalue weighted by Gasteiger charge is -2.32. The predicted octanol–water partition coefficient (Wildman–Crippen LogP) is 2.13. The van der Waals surface area contributed by atoms with Crippen molar-refractivity contribution in [2.24, 2.45) is 11.3 Å². The van der Waals surface area contributed by atoms with Gasteiger partial charge in [0.2, 0.25) is 5.91 Å². The largest absolute Gasteiger partial charge is 0.488 e. The van der Waals surface area contributed by atoms with Crippen molar-refractivity contribution in [3.8, 4) is 11.8 Å². The van der Waals surface area contributed by atoms with Crippen LogP contribution < -0.4 is 4.74 Å². The molecule has 0 fully saturated rings. The van der Waals surface area contributed by atoms with Crippen LogP contribution >= 0.6 is 0 Å². The van der Waals surface area contributed by atoms with Crippen molar-refractivity contribution < 1.29 is 13.9 Å². The monoisotopic (exact) mass is 291 g/mol. The van der Waals surface area contributed by atoms with E-state index in [9.17, 15) is 9.18 Å². The molecule has 0 N–H and O–H groups in total. The summed E-state index contributed by atoms with van der Waals surface area (Å²) in [6, 6.07) is 2.12. The summed E-state index contributed by atoms with van der Waals surface area (Å²) in [5, 5.41) is 9.06. The Morgan fingerprint density at radius 3 is 2.95 bits per heavy atom. The van der Waals surface area contributed by atoms with Gasteiger partial charge >= 0.3 is 0 Å². The third-order valence-electron chi connectivity index (χ3n) is 4.01. The maximum atomic E-state index is 13.7. The van der Waals surface area contributed by atoms with Crippen LogP contribution in [-0.2, 0) is 11.3 Å². The first-order chi connectivity index (χ1) is 9.87. The number of fused-ring (bicyclic) bond motifs is 1. The molecule has 1 atom stereocenters. The fourth-order valence-electron chi connectivity index (χ4n) is 2.21. The Bertz CT molecular complexity index is 595. The fraction of sp³-hybridized carbons (Fsp3) is 0.533. The first kappa shape index (κ1) is 15.2. The van der Waals surface area contributed by atoms with Crippen molar-refractivity contribution in [1.29, 1.82) is 5.26 Å². The second kappa shape index (κ2) is 5.68. The van der Waals surface area contributed by atoms with Gasteiger partial charge in [-0.3, -0.25) is 9.78 Å². The Morgan fingerprint density at radius 1 is 1.57 bits per heavy atom. The molecule has 1 aliphatic heterocycles. The molecule has 1 amide bonds. The van der Waals surface area contributed by atoms with E-state index in [1.807, 2.05) is 0 Å². The second-order valence-corrected chi connectivity index (χ2v) is 5.76. The molecule has 0 spiro atoms. The zero-order valence-corrected chi connectivity index (χ0v) is 12.4. The van der Waals surface area contributed by atoms with Crippen LogP contribution in [0.15, 0.2) is 12.4 Å². The lowest BCUT2D eigenvalue weighted by atomic mass is 9.79. The lowest BCUT2D eigenvalue weighted by molar-refractivity contribution is -0.142. The maximum Gasteiger partial charge on any atom is 0.229 e. The Labute approximate surface area is 123 Å². The highest BCUT2D eigenvalue weighted by Crippen LogP contribution is 2.31. The predicted molar refractivity (Wildman–Crippen MR) is 73.7 cm³/mol. The number of nitriles is 1. The molecule has 1 aromatic rings. The van der Waals surface area contributed by atoms with Gasteiger partial charge in [-0.1, -0.05) is 0 Å². The highest BCUT2D eigenvalue weighted by atomic mass is 19.1. The number of amides is 1. The summed E-state index contributed by atoms with van der Waals surface area (Å²) < 4.78 is 19.0. The van der Waals surface area contributed by atoms with Gasteiger partial charge in [0.05, 0.1) is 36.7 Å². The average Bonchev–Trinajstić information content (AvgIpc) is 2.68. The van der Waals surface area contributed by atoms with Gasteiger partial charge in [-0.15, -0.1) is 0 Å². The molecule has 6 heteroatoms. The van der Waals surface area contributed by atoms with Crippen molar-refractivity contribution in [1.82, 2.24) is 9.88 Å². The third kappa shape index (κ3) is 2.82. The molecule has 1 aliphatic rings. The molecule has 0 radical (unpaired) electrons. The number of pyridine rings is 1. The van der Waals surface area contributed by atoms with Crippen LogP contribution in [0.3, 0.4) is 0 Å². The SMILES string of the molecule is CC(C#N)C(C)(C)C(=O)N1CCOc2c(F)cncc2C1. The number of hydrogen-bond acceptors (Lipinski definition) is 4. The number of halogens is 1. The summed E-state index contributed by atoms with van der Waals surface area (Å²) in [5.41, 5.74) is -0.263. The van der Waals surface area contributed by atoms with Crippen LogP contribution in [0.2, 0.25) is 0 Å². The van der Waals surface area contributed by atoms with Crippen molar-refractivity contribution in [3.63, 3.8) is 0 Å². The number of ether oxygens (including phenoxy) is 1. The van der Waals surface area contributed by atoms with E-state index in [1.165, 1.54) is 6.20 Å². The highest BCUT2D eigenvalue weighted by molar-refractivity contribution is 5.82. The summed E-state index contributed by atoms with van der Waals surface area (Å²) in [5.74, 6) is -0.922. The van der Waals surface area contributed by atoms with Crippen LogP contribution in [0.25, 0.3) is 0 Å². The van der Waals surface area contributed by atoms with E-state index < -0.39 is 17.2 Å². The van der Waals surface area contributed by atoms with Gasteiger partial charge in [-0.2, -0.15) is 5.26 Å². The van der Waals surface area contributed by atoms with E-state index in [0.717, 1.165) is 6.20 Å². The first-order valence-electron chi connectivity index (χ1n) is 6.82. The van der Waals surface area contributed by atoms with Gasteiger partial charge in [0.1, 0.15) is 6.61 Å². The molecule has 2 heterocycles. The molecule has 0 bridgehead atoms. The van der Waals surface area contributed by atoms with E-state index in [2.05, 4.69) is 11.1 Å². The molecular formula is C15H18FN3O2. The van der Waals surface area contributed by atoms with Crippen molar-refractivity contribution in [2.45, 2.75) is 27.3 Å². The van der Waals surface area contributed by atoms with Gasteiger partial charge in [0.15, 0.2) is 11.6 Å². The molecule has 21 heavy (non-hydrogen) atoms. The summed E-state index contributed by atoms with van der Waals surface area (Å²) in [7, 11) is 0. The van der Waals surface area contributed by atoms with Gasteiger partial charge in [-0.05, 0) is 20.8 Å². The zero-order chi connectivity index (χ0) is 15.6. The Morgan fingerprint density at radius 2 is 2.29 bits per heavy atom. The quantitative estimate of drug-likeness (QED) is 0.837. The highest BCUT2D eigenvalue weighted by Gasteiger charge is 2.38.